The molecule has 0 aliphatic carbocycles. The highest BCUT2D eigenvalue weighted by Crippen LogP contribution is 2.25. The molecule has 21 heavy (non-hydrogen) atoms. The molecule has 2 heterocycles. The number of hydrogen-bond acceptors (Lipinski definition) is 4. The predicted octanol–water partition coefficient (Wildman–Crippen LogP) is 3.94. The van der Waals surface area contributed by atoms with E-state index in [-0.39, 0.29) is 5.78 Å². The van der Waals surface area contributed by atoms with Gasteiger partial charge in [-0.3, -0.25) is 9.78 Å². The first kappa shape index (κ1) is 13.6. The molecule has 0 aliphatic rings. The van der Waals surface area contributed by atoms with Crippen molar-refractivity contribution in [2.75, 3.05) is 0 Å². The fraction of sp³-hybridized carbons (Fsp3) is 0.118. The number of Topliss-reactive ketones (excluding diaryl/α,β-unsaturated/α-hetero) is 1. The highest BCUT2D eigenvalue weighted by atomic mass is 32.1. The number of nitrogens with zero attached hydrogens (tertiary/aromatic N) is 2. The summed E-state index contributed by atoms with van der Waals surface area (Å²) in [7, 11) is 0. The molecule has 3 nitrogen and oxygen atoms in total. The van der Waals surface area contributed by atoms with E-state index < -0.39 is 0 Å². The van der Waals surface area contributed by atoms with Crippen LogP contribution in [-0.2, 0) is 6.42 Å². The van der Waals surface area contributed by atoms with Crippen LogP contribution in [0.15, 0.2) is 54.0 Å². The summed E-state index contributed by atoms with van der Waals surface area (Å²) in [4.78, 5) is 21.1. The monoisotopic (exact) mass is 294 g/mol. The van der Waals surface area contributed by atoms with Gasteiger partial charge < -0.3 is 0 Å². The number of benzene rings is 1. The van der Waals surface area contributed by atoms with E-state index in [1.165, 1.54) is 11.3 Å². The molecule has 2 aromatic heterocycles. The Morgan fingerprint density at radius 2 is 1.95 bits per heavy atom. The number of hydrogen-bond donors (Lipinski definition) is 0. The van der Waals surface area contributed by atoms with E-state index in [1.54, 1.807) is 6.20 Å². The summed E-state index contributed by atoms with van der Waals surface area (Å²) >= 11 is 1.53. The van der Waals surface area contributed by atoms with Gasteiger partial charge in [0.05, 0.1) is 12.1 Å². The van der Waals surface area contributed by atoms with E-state index >= 15 is 0 Å². The molecule has 0 spiro atoms. The Bertz CT molecular complexity index is 765. The van der Waals surface area contributed by atoms with Gasteiger partial charge in [0.1, 0.15) is 10.7 Å². The average molecular weight is 294 g/mol. The molecule has 4 heteroatoms. The van der Waals surface area contributed by atoms with Gasteiger partial charge in [0, 0.05) is 17.1 Å². The van der Waals surface area contributed by atoms with Crippen molar-refractivity contribution < 1.29 is 4.79 Å². The van der Waals surface area contributed by atoms with Crippen LogP contribution in [0.2, 0.25) is 0 Å². The summed E-state index contributed by atoms with van der Waals surface area (Å²) in [6, 6.07) is 13.2. The molecule has 0 N–H and O–H groups in total. The molecule has 3 rings (SSSR count). The first-order valence-electron chi connectivity index (χ1n) is 6.68. The average Bonchev–Trinajstić information content (AvgIpc) is 2.97. The van der Waals surface area contributed by atoms with Gasteiger partial charge in [-0.25, -0.2) is 4.98 Å². The van der Waals surface area contributed by atoms with Gasteiger partial charge in [-0.1, -0.05) is 36.4 Å². The number of ketones is 1. The summed E-state index contributed by atoms with van der Waals surface area (Å²) < 4.78 is 0. The van der Waals surface area contributed by atoms with Crippen molar-refractivity contribution in [3.8, 4) is 10.7 Å². The summed E-state index contributed by atoms with van der Waals surface area (Å²) in [6.07, 6.45) is 2.09. The number of aryl methyl sites for hydroxylation is 1. The molecule has 0 saturated carbocycles. The maximum atomic E-state index is 12.2. The lowest BCUT2D eigenvalue weighted by Crippen LogP contribution is -2.03. The van der Waals surface area contributed by atoms with Crippen molar-refractivity contribution in [1.82, 2.24) is 9.97 Å². The van der Waals surface area contributed by atoms with Crippen molar-refractivity contribution in [2.24, 2.45) is 0 Å². The minimum absolute atomic E-state index is 0.0881. The minimum Gasteiger partial charge on any atom is -0.294 e. The van der Waals surface area contributed by atoms with E-state index in [0.717, 1.165) is 27.5 Å². The molecule has 0 bridgehead atoms. The highest BCUT2D eigenvalue weighted by Gasteiger charge is 2.12. The number of aromatic nitrogens is 2. The lowest BCUT2D eigenvalue weighted by atomic mass is 10.1. The molecule has 104 valence electrons. The topological polar surface area (TPSA) is 42.9 Å². The molecule has 0 saturated heterocycles. The molecule has 0 amide bonds. The lowest BCUT2D eigenvalue weighted by Gasteiger charge is -2.00. The molecule has 0 radical (unpaired) electrons. The van der Waals surface area contributed by atoms with Gasteiger partial charge in [-0.05, 0) is 18.6 Å². The molecule has 0 atom stereocenters. The Morgan fingerprint density at radius 1 is 1.14 bits per heavy atom. The Kier molecular flexibility index (Phi) is 3.88. The van der Waals surface area contributed by atoms with Crippen LogP contribution < -0.4 is 0 Å². The lowest BCUT2D eigenvalue weighted by molar-refractivity contribution is 0.0992. The summed E-state index contributed by atoms with van der Waals surface area (Å²) in [5, 5.41) is 2.80. The first-order valence-corrected chi connectivity index (χ1v) is 7.56. The van der Waals surface area contributed by atoms with Gasteiger partial charge in [0.25, 0.3) is 0 Å². The van der Waals surface area contributed by atoms with Crippen LogP contribution in [0.4, 0.5) is 0 Å². The normalized spacial score (nSPS) is 10.5. The van der Waals surface area contributed by atoms with Crippen LogP contribution >= 0.6 is 11.3 Å². The summed E-state index contributed by atoms with van der Waals surface area (Å²) in [5.74, 6) is 0.0881. The van der Waals surface area contributed by atoms with Gasteiger partial charge in [0.15, 0.2) is 5.78 Å². The summed E-state index contributed by atoms with van der Waals surface area (Å²) in [5.41, 5.74) is 3.50. The molecule has 3 aromatic rings. The van der Waals surface area contributed by atoms with E-state index in [2.05, 4.69) is 9.97 Å². The Hall–Kier alpha value is -2.33. The Balaban J connectivity index is 1.80. The number of carbonyl (C=O) groups excluding carboxylic acids is 1. The molecular formula is C17H14N2OS. The number of carbonyl (C=O) groups is 1. The number of pyridine rings is 1. The van der Waals surface area contributed by atoms with Crippen molar-refractivity contribution in [3.63, 3.8) is 0 Å². The third-order valence-corrected chi connectivity index (χ3v) is 4.10. The fourth-order valence-electron chi connectivity index (χ4n) is 2.10. The number of rotatable bonds is 4. The highest BCUT2D eigenvalue weighted by molar-refractivity contribution is 7.13. The maximum Gasteiger partial charge on any atom is 0.168 e. The van der Waals surface area contributed by atoms with E-state index in [1.807, 2.05) is 54.8 Å². The van der Waals surface area contributed by atoms with Gasteiger partial charge >= 0.3 is 0 Å². The largest absolute Gasteiger partial charge is 0.294 e. The zero-order chi connectivity index (χ0) is 14.7. The quantitative estimate of drug-likeness (QED) is 0.684. The second-order valence-electron chi connectivity index (χ2n) is 4.78. The predicted molar refractivity (Wildman–Crippen MR) is 84.6 cm³/mol. The standard InChI is InChI=1S/C17H14N2OS/c1-12-6-5-9-18-16(12)17-19-14(11-21-17)10-15(20)13-7-3-2-4-8-13/h2-9,11H,10H2,1H3. The molecule has 0 aliphatic heterocycles. The van der Waals surface area contributed by atoms with Crippen LogP contribution in [-0.4, -0.2) is 15.8 Å². The van der Waals surface area contributed by atoms with Crippen LogP contribution in [0.5, 0.6) is 0 Å². The SMILES string of the molecule is Cc1cccnc1-c1nc(CC(=O)c2ccccc2)cs1. The third-order valence-electron chi connectivity index (χ3n) is 3.20. The van der Waals surface area contributed by atoms with Crippen LogP contribution in [0.25, 0.3) is 10.7 Å². The van der Waals surface area contributed by atoms with Gasteiger partial charge in [-0.2, -0.15) is 0 Å². The Morgan fingerprint density at radius 3 is 2.71 bits per heavy atom. The van der Waals surface area contributed by atoms with Gasteiger partial charge in [-0.15, -0.1) is 11.3 Å². The maximum absolute atomic E-state index is 12.2. The first-order chi connectivity index (χ1) is 10.2. The minimum atomic E-state index is 0.0881. The third kappa shape index (κ3) is 3.06. The van der Waals surface area contributed by atoms with E-state index in [9.17, 15) is 4.79 Å². The number of thiazole rings is 1. The van der Waals surface area contributed by atoms with Crippen LogP contribution in [0.1, 0.15) is 21.6 Å². The fourth-order valence-corrected chi connectivity index (χ4v) is 2.98. The van der Waals surface area contributed by atoms with Crippen molar-refractivity contribution >= 4 is 17.1 Å². The van der Waals surface area contributed by atoms with Crippen molar-refractivity contribution in [2.45, 2.75) is 13.3 Å². The zero-order valence-electron chi connectivity index (χ0n) is 11.6. The van der Waals surface area contributed by atoms with Crippen LogP contribution in [0.3, 0.4) is 0 Å². The van der Waals surface area contributed by atoms with E-state index in [4.69, 9.17) is 0 Å². The second kappa shape index (κ2) is 5.97. The second-order valence-corrected chi connectivity index (χ2v) is 5.64. The molecule has 0 unspecified atom stereocenters. The molecule has 0 fully saturated rings. The smallest absolute Gasteiger partial charge is 0.168 e. The van der Waals surface area contributed by atoms with Crippen molar-refractivity contribution in [3.05, 3.63) is 70.9 Å². The Labute approximate surface area is 127 Å². The van der Waals surface area contributed by atoms with E-state index in [0.29, 0.717) is 6.42 Å². The van der Waals surface area contributed by atoms with Gasteiger partial charge in [0.2, 0.25) is 0 Å². The zero-order valence-corrected chi connectivity index (χ0v) is 12.4. The summed E-state index contributed by atoms with van der Waals surface area (Å²) in [6.45, 7) is 2.01. The molecular weight excluding hydrogens is 280 g/mol. The van der Waals surface area contributed by atoms with Crippen LogP contribution in [0, 0.1) is 6.92 Å². The molecule has 1 aromatic carbocycles. The van der Waals surface area contributed by atoms with Crippen molar-refractivity contribution in [1.29, 1.82) is 0 Å².